The number of halogens is 3. The predicted octanol–water partition coefficient (Wildman–Crippen LogP) is 3.72. The molecule has 0 bridgehead atoms. The van der Waals surface area contributed by atoms with Crippen molar-refractivity contribution in [3.05, 3.63) is 29.8 Å². The lowest BCUT2D eigenvalue weighted by Gasteiger charge is -2.30. The molecule has 0 aromatic heterocycles. The number of benzene rings is 1. The molecule has 0 fully saturated rings. The lowest BCUT2D eigenvalue weighted by Crippen LogP contribution is -2.42. The van der Waals surface area contributed by atoms with E-state index in [1.165, 1.54) is 18.2 Å². The normalized spacial score (nSPS) is 14.3. The van der Waals surface area contributed by atoms with Gasteiger partial charge in [0, 0.05) is 6.04 Å². The van der Waals surface area contributed by atoms with Gasteiger partial charge in [0.1, 0.15) is 12.4 Å². The first-order valence-corrected chi connectivity index (χ1v) is 6.12. The molecule has 108 valence electrons. The standard InChI is InChI=1S/C14H20F3NO/c1-13(2,3)12(18-4)9-19-11-8-6-5-7-10(11)14(15,16)17/h5-8,12,18H,9H2,1-4H3. The highest BCUT2D eigenvalue weighted by molar-refractivity contribution is 5.35. The van der Waals surface area contributed by atoms with Crippen LogP contribution in [0.4, 0.5) is 13.2 Å². The Morgan fingerprint density at radius 1 is 1.16 bits per heavy atom. The zero-order valence-electron chi connectivity index (χ0n) is 11.6. The molecule has 0 saturated heterocycles. The number of para-hydroxylation sites is 1. The molecule has 1 rings (SSSR count). The molecule has 0 aliphatic carbocycles. The minimum absolute atomic E-state index is 0.0335. The Balaban J connectivity index is 2.84. The Kier molecular flexibility index (Phi) is 4.85. The van der Waals surface area contributed by atoms with E-state index in [2.05, 4.69) is 5.32 Å². The van der Waals surface area contributed by atoms with E-state index in [1.54, 1.807) is 7.05 Å². The summed E-state index contributed by atoms with van der Waals surface area (Å²) < 4.78 is 43.7. The Bertz CT molecular complexity index is 410. The van der Waals surface area contributed by atoms with E-state index in [9.17, 15) is 13.2 Å². The molecule has 0 saturated carbocycles. The molecule has 1 aromatic carbocycles. The van der Waals surface area contributed by atoms with Crippen LogP contribution < -0.4 is 10.1 Å². The fraction of sp³-hybridized carbons (Fsp3) is 0.571. The van der Waals surface area contributed by atoms with E-state index < -0.39 is 11.7 Å². The molecule has 0 radical (unpaired) electrons. The topological polar surface area (TPSA) is 21.3 Å². The van der Waals surface area contributed by atoms with Gasteiger partial charge in [0.2, 0.25) is 0 Å². The predicted molar refractivity (Wildman–Crippen MR) is 69.2 cm³/mol. The van der Waals surface area contributed by atoms with Crippen LogP contribution in [0, 0.1) is 5.41 Å². The zero-order chi connectivity index (χ0) is 14.7. The second-order valence-electron chi connectivity index (χ2n) is 5.51. The number of nitrogens with one attached hydrogen (secondary N) is 1. The minimum atomic E-state index is -4.40. The summed E-state index contributed by atoms with van der Waals surface area (Å²) in [6.07, 6.45) is -4.40. The first-order valence-electron chi connectivity index (χ1n) is 6.12. The summed E-state index contributed by atoms with van der Waals surface area (Å²) in [5.74, 6) is -0.125. The van der Waals surface area contributed by atoms with Crippen LogP contribution in [0.1, 0.15) is 26.3 Å². The summed E-state index contributed by atoms with van der Waals surface area (Å²) in [7, 11) is 1.77. The van der Waals surface area contributed by atoms with Crippen molar-refractivity contribution >= 4 is 0 Å². The van der Waals surface area contributed by atoms with Crippen molar-refractivity contribution in [2.24, 2.45) is 5.41 Å². The number of hydrogen-bond donors (Lipinski definition) is 1. The SMILES string of the molecule is CNC(COc1ccccc1C(F)(F)F)C(C)(C)C. The van der Waals surface area contributed by atoms with Gasteiger partial charge in [-0.25, -0.2) is 0 Å². The van der Waals surface area contributed by atoms with E-state index in [-0.39, 0.29) is 23.8 Å². The van der Waals surface area contributed by atoms with E-state index in [0.29, 0.717) is 0 Å². The number of likely N-dealkylation sites (N-methyl/N-ethyl adjacent to an activating group) is 1. The van der Waals surface area contributed by atoms with Crippen LogP contribution in [-0.2, 0) is 6.18 Å². The van der Waals surface area contributed by atoms with Gasteiger partial charge in [0.05, 0.1) is 5.56 Å². The first-order chi connectivity index (χ1) is 8.66. The molecule has 0 aliphatic rings. The van der Waals surface area contributed by atoms with Crippen molar-refractivity contribution in [3.8, 4) is 5.75 Å². The van der Waals surface area contributed by atoms with Crippen molar-refractivity contribution in [2.45, 2.75) is 33.0 Å². The second-order valence-corrected chi connectivity index (χ2v) is 5.51. The molecule has 1 atom stereocenters. The van der Waals surface area contributed by atoms with Gasteiger partial charge in [-0.15, -0.1) is 0 Å². The van der Waals surface area contributed by atoms with Crippen LogP contribution in [-0.4, -0.2) is 19.7 Å². The van der Waals surface area contributed by atoms with Gasteiger partial charge >= 0.3 is 6.18 Å². The van der Waals surface area contributed by atoms with Crippen LogP contribution in [0.15, 0.2) is 24.3 Å². The molecule has 0 amide bonds. The largest absolute Gasteiger partial charge is 0.491 e. The van der Waals surface area contributed by atoms with Gasteiger partial charge in [-0.1, -0.05) is 32.9 Å². The van der Waals surface area contributed by atoms with Crippen LogP contribution >= 0.6 is 0 Å². The zero-order valence-corrected chi connectivity index (χ0v) is 11.6. The van der Waals surface area contributed by atoms with Gasteiger partial charge < -0.3 is 10.1 Å². The van der Waals surface area contributed by atoms with Gasteiger partial charge in [-0.05, 0) is 24.6 Å². The molecule has 0 spiro atoms. The number of alkyl halides is 3. The highest BCUT2D eigenvalue weighted by atomic mass is 19.4. The van der Waals surface area contributed by atoms with Crippen molar-refractivity contribution < 1.29 is 17.9 Å². The van der Waals surface area contributed by atoms with E-state index in [4.69, 9.17) is 4.74 Å². The monoisotopic (exact) mass is 275 g/mol. The Morgan fingerprint density at radius 2 is 1.74 bits per heavy atom. The molecule has 19 heavy (non-hydrogen) atoms. The molecule has 0 aliphatic heterocycles. The minimum Gasteiger partial charge on any atom is -0.491 e. The summed E-state index contributed by atoms with van der Waals surface area (Å²) in [5.41, 5.74) is -0.833. The van der Waals surface area contributed by atoms with E-state index in [0.717, 1.165) is 6.07 Å². The summed E-state index contributed by atoms with van der Waals surface area (Å²) in [4.78, 5) is 0. The van der Waals surface area contributed by atoms with Crippen molar-refractivity contribution in [1.82, 2.24) is 5.32 Å². The number of hydrogen-bond acceptors (Lipinski definition) is 2. The van der Waals surface area contributed by atoms with Gasteiger partial charge in [-0.2, -0.15) is 13.2 Å². The van der Waals surface area contributed by atoms with Gasteiger partial charge in [-0.3, -0.25) is 0 Å². The van der Waals surface area contributed by atoms with Crippen LogP contribution in [0.2, 0.25) is 0 Å². The Morgan fingerprint density at radius 3 is 2.21 bits per heavy atom. The van der Waals surface area contributed by atoms with Crippen LogP contribution in [0.3, 0.4) is 0 Å². The molecule has 2 nitrogen and oxygen atoms in total. The third-order valence-corrected chi connectivity index (χ3v) is 2.99. The summed E-state index contributed by atoms with van der Waals surface area (Å²) >= 11 is 0. The fourth-order valence-corrected chi connectivity index (χ4v) is 1.77. The molecule has 0 heterocycles. The third kappa shape index (κ3) is 4.42. The smallest absolute Gasteiger partial charge is 0.419 e. The van der Waals surface area contributed by atoms with Crippen molar-refractivity contribution in [1.29, 1.82) is 0 Å². The molecule has 1 N–H and O–H groups in total. The Labute approximate surface area is 112 Å². The van der Waals surface area contributed by atoms with Crippen LogP contribution in [0.5, 0.6) is 5.75 Å². The lowest BCUT2D eigenvalue weighted by molar-refractivity contribution is -0.139. The maximum Gasteiger partial charge on any atom is 0.419 e. The fourth-order valence-electron chi connectivity index (χ4n) is 1.77. The van der Waals surface area contributed by atoms with Crippen molar-refractivity contribution in [3.63, 3.8) is 0 Å². The second kappa shape index (κ2) is 5.82. The Hall–Kier alpha value is -1.23. The molecule has 5 heteroatoms. The van der Waals surface area contributed by atoms with E-state index >= 15 is 0 Å². The summed E-state index contributed by atoms with van der Waals surface area (Å²) in [6.45, 7) is 6.21. The maximum atomic E-state index is 12.8. The molecular formula is C14H20F3NO. The first kappa shape index (κ1) is 15.8. The van der Waals surface area contributed by atoms with Crippen molar-refractivity contribution in [2.75, 3.05) is 13.7 Å². The lowest BCUT2D eigenvalue weighted by atomic mass is 9.87. The third-order valence-electron chi connectivity index (χ3n) is 2.99. The molecular weight excluding hydrogens is 255 g/mol. The maximum absolute atomic E-state index is 12.8. The van der Waals surface area contributed by atoms with Crippen LogP contribution in [0.25, 0.3) is 0 Å². The van der Waals surface area contributed by atoms with Gasteiger partial charge in [0.15, 0.2) is 0 Å². The number of rotatable bonds is 4. The van der Waals surface area contributed by atoms with Gasteiger partial charge in [0.25, 0.3) is 0 Å². The highest BCUT2D eigenvalue weighted by Gasteiger charge is 2.34. The molecule has 1 unspecified atom stereocenters. The quantitative estimate of drug-likeness (QED) is 0.904. The van der Waals surface area contributed by atoms with E-state index in [1.807, 2.05) is 20.8 Å². The summed E-state index contributed by atoms with van der Waals surface area (Å²) in [6, 6.07) is 5.23. The average molecular weight is 275 g/mol. The highest BCUT2D eigenvalue weighted by Crippen LogP contribution is 2.36. The molecule has 1 aromatic rings. The summed E-state index contributed by atoms with van der Waals surface area (Å²) in [5, 5.41) is 3.06. The number of ether oxygens (including phenoxy) is 1. The average Bonchev–Trinajstić information content (AvgIpc) is 2.27.